The van der Waals surface area contributed by atoms with Crippen LogP contribution in [-0.2, 0) is 13.0 Å². The van der Waals surface area contributed by atoms with Crippen molar-refractivity contribution in [3.05, 3.63) is 71.3 Å². The molecule has 1 amide bonds. The van der Waals surface area contributed by atoms with Gasteiger partial charge >= 0.3 is 0 Å². The first-order chi connectivity index (χ1) is 11.2. The molecule has 0 saturated heterocycles. The predicted molar refractivity (Wildman–Crippen MR) is 91.5 cm³/mol. The van der Waals surface area contributed by atoms with Gasteiger partial charge in [0.1, 0.15) is 5.82 Å². The Morgan fingerprint density at radius 2 is 1.78 bits per heavy atom. The summed E-state index contributed by atoms with van der Waals surface area (Å²) in [5.41, 5.74) is 9.61. The second kappa shape index (κ2) is 5.39. The molecular weight excluding hydrogens is 286 g/mol. The van der Waals surface area contributed by atoms with Gasteiger partial charge in [-0.3, -0.25) is 4.79 Å². The van der Waals surface area contributed by atoms with Crippen molar-refractivity contribution in [3.63, 3.8) is 0 Å². The molecule has 0 unspecified atom stereocenters. The third-order valence-corrected chi connectivity index (χ3v) is 4.42. The highest BCUT2D eigenvalue weighted by Gasteiger charge is 2.19. The Hall–Kier alpha value is -2.88. The van der Waals surface area contributed by atoms with E-state index in [0.29, 0.717) is 5.56 Å². The minimum absolute atomic E-state index is 0.415. The molecule has 0 radical (unpaired) electrons. The highest BCUT2D eigenvalue weighted by atomic mass is 16.1. The van der Waals surface area contributed by atoms with Crippen LogP contribution in [0.4, 0.5) is 5.82 Å². The van der Waals surface area contributed by atoms with E-state index < -0.39 is 5.91 Å². The number of rotatable bonds is 2. The molecule has 23 heavy (non-hydrogen) atoms. The van der Waals surface area contributed by atoms with E-state index in [2.05, 4.69) is 29.2 Å². The first-order valence-electron chi connectivity index (χ1n) is 7.74. The van der Waals surface area contributed by atoms with Crippen molar-refractivity contribution in [1.29, 1.82) is 0 Å². The molecule has 0 bridgehead atoms. The maximum Gasteiger partial charge on any atom is 0.249 e. The summed E-state index contributed by atoms with van der Waals surface area (Å²) in [6.45, 7) is 1.69. The summed E-state index contributed by atoms with van der Waals surface area (Å²) >= 11 is 0. The maximum atomic E-state index is 11.8. The van der Waals surface area contributed by atoms with E-state index in [0.717, 1.165) is 36.2 Å². The quantitative estimate of drug-likeness (QED) is 0.792. The SMILES string of the molecule is NC(=O)c1cc(N2CCc3ccccc3C2)nc2ccccc12. The van der Waals surface area contributed by atoms with Crippen LogP contribution >= 0.6 is 0 Å². The Balaban J connectivity index is 1.79. The minimum atomic E-state index is -0.415. The van der Waals surface area contributed by atoms with Gasteiger partial charge in [-0.2, -0.15) is 0 Å². The van der Waals surface area contributed by atoms with Crippen LogP contribution in [0.5, 0.6) is 0 Å². The number of anilines is 1. The van der Waals surface area contributed by atoms with Gasteiger partial charge in [0.2, 0.25) is 5.91 Å². The summed E-state index contributed by atoms with van der Waals surface area (Å²) in [5.74, 6) is 0.397. The number of hydrogen-bond donors (Lipinski definition) is 1. The largest absolute Gasteiger partial charge is 0.366 e. The summed E-state index contributed by atoms with van der Waals surface area (Å²) in [7, 11) is 0. The molecule has 0 aliphatic carbocycles. The highest BCUT2D eigenvalue weighted by Crippen LogP contribution is 2.27. The molecular formula is C19H17N3O. The molecule has 1 aliphatic rings. The van der Waals surface area contributed by atoms with Crippen LogP contribution in [0, 0.1) is 0 Å². The van der Waals surface area contributed by atoms with E-state index in [1.807, 2.05) is 30.3 Å². The third-order valence-electron chi connectivity index (χ3n) is 4.42. The molecule has 0 fully saturated rings. The Morgan fingerprint density at radius 3 is 2.61 bits per heavy atom. The smallest absolute Gasteiger partial charge is 0.249 e. The normalized spacial score (nSPS) is 13.8. The van der Waals surface area contributed by atoms with E-state index >= 15 is 0 Å². The van der Waals surface area contributed by atoms with Gasteiger partial charge in [0.05, 0.1) is 11.1 Å². The lowest BCUT2D eigenvalue weighted by atomic mass is 9.99. The molecule has 2 N–H and O–H groups in total. The zero-order valence-corrected chi connectivity index (χ0v) is 12.7. The molecule has 4 nitrogen and oxygen atoms in total. The summed E-state index contributed by atoms with van der Waals surface area (Å²) in [4.78, 5) is 18.8. The lowest BCUT2D eigenvalue weighted by molar-refractivity contribution is 0.100. The molecule has 1 aliphatic heterocycles. The van der Waals surface area contributed by atoms with Crippen molar-refractivity contribution >= 4 is 22.6 Å². The Kier molecular flexibility index (Phi) is 3.23. The molecule has 3 aromatic rings. The van der Waals surface area contributed by atoms with Crippen LogP contribution in [0.15, 0.2) is 54.6 Å². The van der Waals surface area contributed by atoms with Crippen LogP contribution in [-0.4, -0.2) is 17.4 Å². The van der Waals surface area contributed by atoms with Gasteiger partial charge in [-0.25, -0.2) is 4.98 Å². The number of carbonyl (C=O) groups excluding carboxylic acids is 1. The topological polar surface area (TPSA) is 59.2 Å². The van der Waals surface area contributed by atoms with Crippen molar-refractivity contribution in [2.24, 2.45) is 5.73 Å². The average molecular weight is 303 g/mol. The second-order valence-corrected chi connectivity index (χ2v) is 5.85. The van der Waals surface area contributed by atoms with E-state index in [1.54, 1.807) is 0 Å². The first kappa shape index (κ1) is 13.8. The van der Waals surface area contributed by atoms with Gasteiger partial charge in [0.25, 0.3) is 0 Å². The van der Waals surface area contributed by atoms with Gasteiger partial charge in [0, 0.05) is 18.5 Å². The summed E-state index contributed by atoms with van der Waals surface area (Å²) < 4.78 is 0. The third kappa shape index (κ3) is 2.42. The molecule has 1 aromatic heterocycles. The molecule has 0 saturated carbocycles. The van der Waals surface area contributed by atoms with E-state index in [9.17, 15) is 4.79 Å². The van der Waals surface area contributed by atoms with Crippen LogP contribution in [0.3, 0.4) is 0 Å². The fraction of sp³-hybridized carbons (Fsp3) is 0.158. The van der Waals surface area contributed by atoms with Gasteiger partial charge in [-0.05, 0) is 29.7 Å². The Labute approximate surface area is 134 Å². The molecule has 4 rings (SSSR count). The number of nitrogens with two attached hydrogens (primary N) is 1. The van der Waals surface area contributed by atoms with E-state index in [1.165, 1.54) is 11.1 Å². The van der Waals surface area contributed by atoms with Gasteiger partial charge < -0.3 is 10.6 Å². The molecule has 2 aromatic carbocycles. The van der Waals surface area contributed by atoms with Crippen molar-refractivity contribution in [3.8, 4) is 0 Å². The van der Waals surface area contributed by atoms with Gasteiger partial charge in [-0.15, -0.1) is 0 Å². The van der Waals surface area contributed by atoms with Crippen molar-refractivity contribution < 1.29 is 4.79 Å². The van der Waals surface area contributed by atoms with Crippen LogP contribution < -0.4 is 10.6 Å². The predicted octanol–water partition coefficient (Wildman–Crippen LogP) is 2.90. The number of hydrogen-bond acceptors (Lipinski definition) is 3. The van der Waals surface area contributed by atoms with E-state index in [4.69, 9.17) is 10.7 Å². The van der Waals surface area contributed by atoms with E-state index in [-0.39, 0.29) is 0 Å². The number of para-hydroxylation sites is 1. The zero-order valence-electron chi connectivity index (χ0n) is 12.7. The van der Waals surface area contributed by atoms with Crippen LogP contribution in [0.1, 0.15) is 21.5 Å². The molecule has 0 spiro atoms. The maximum absolute atomic E-state index is 11.8. The lowest BCUT2D eigenvalue weighted by Gasteiger charge is -2.30. The summed E-state index contributed by atoms with van der Waals surface area (Å²) in [6, 6.07) is 17.9. The number of amides is 1. The second-order valence-electron chi connectivity index (χ2n) is 5.85. The average Bonchev–Trinajstić information content (AvgIpc) is 2.60. The van der Waals surface area contributed by atoms with Gasteiger partial charge in [0.15, 0.2) is 0 Å². The Morgan fingerprint density at radius 1 is 1.04 bits per heavy atom. The fourth-order valence-corrected chi connectivity index (χ4v) is 3.22. The summed E-state index contributed by atoms with van der Waals surface area (Å²) in [6.07, 6.45) is 0.983. The number of primary amides is 1. The first-order valence-corrected chi connectivity index (χ1v) is 7.74. The van der Waals surface area contributed by atoms with Gasteiger partial charge in [-0.1, -0.05) is 42.5 Å². The minimum Gasteiger partial charge on any atom is -0.366 e. The molecule has 114 valence electrons. The van der Waals surface area contributed by atoms with Crippen LogP contribution in [0.2, 0.25) is 0 Å². The summed E-state index contributed by atoms with van der Waals surface area (Å²) in [5, 5.41) is 0.807. The monoisotopic (exact) mass is 303 g/mol. The molecule has 0 atom stereocenters. The standard InChI is InChI=1S/C19H17N3O/c20-19(23)16-11-18(21-17-8-4-3-7-15(16)17)22-10-9-13-5-1-2-6-14(13)12-22/h1-8,11H,9-10,12H2,(H2,20,23). The number of benzene rings is 2. The van der Waals surface area contributed by atoms with Crippen LogP contribution in [0.25, 0.3) is 10.9 Å². The molecule has 4 heteroatoms. The number of carbonyl (C=O) groups is 1. The van der Waals surface area contributed by atoms with Crippen molar-refractivity contribution in [1.82, 2.24) is 4.98 Å². The van der Waals surface area contributed by atoms with Crippen molar-refractivity contribution in [2.45, 2.75) is 13.0 Å². The number of nitrogens with zero attached hydrogens (tertiary/aromatic N) is 2. The molecule has 2 heterocycles. The lowest BCUT2D eigenvalue weighted by Crippen LogP contribution is -2.31. The number of fused-ring (bicyclic) bond motifs is 2. The number of pyridine rings is 1. The van der Waals surface area contributed by atoms with Crippen molar-refractivity contribution in [2.75, 3.05) is 11.4 Å². The highest BCUT2D eigenvalue weighted by molar-refractivity contribution is 6.06. The Bertz CT molecular complexity index is 904. The fourth-order valence-electron chi connectivity index (χ4n) is 3.22. The zero-order chi connectivity index (χ0) is 15.8. The number of aromatic nitrogens is 1.